The number of rotatable bonds is 2. The topological polar surface area (TPSA) is 137 Å². The Labute approximate surface area is 179 Å². The van der Waals surface area contributed by atoms with E-state index in [4.69, 9.17) is 21.4 Å². The van der Waals surface area contributed by atoms with Crippen molar-refractivity contribution < 1.29 is 27.9 Å². The number of carbonyl (C=O) groups excluding carboxylic acids is 1. The van der Waals surface area contributed by atoms with E-state index in [0.29, 0.717) is 16.9 Å². The van der Waals surface area contributed by atoms with Gasteiger partial charge in [0, 0.05) is 29.8 Å². The number of aromatic nitrogens is 3. The zero-order chi connectivity index (χ0) is 23.8. The van der Waals surface area contributed by atoms with E-state index >= 15 is 0 Å². The van der Waals surface area contributed by atoms with Crippen molar-refractivity contribution in [3.05, 3.63) is 48.2 Å². The predicted octanol–water partition coefficient (Wildman–Crippen LogP) is 3.79. The molecule has 0 aliphatic heterocycles. The van der Waals surface area contributed by atoms with E-state index in [1.807, 2.05) is 54.2 Å². The van der Waals surface area contributed by atoms with E-state index in [9.17, 15) is 18.0 Å². The summed E-state index contributed by atoms with van der Waals surface area (Å²) >= 11 is 0. The van der Waals surface area contributed by atoms with Crippen LogP contribution in [0.15, 0.2) is 42.6 Å². The summed E-state index contributed by atoms with van der Waals surface area (Å²) in [6, 6.07) is 11.5. The molecule has 11 heteroatoms. The number of alkyl halides is 3. The molecule has 8 nitrogen and oxygen atoms in total. The number of carbonyl (C=O) groups is 2. The number of carboxylic acid groups (broad SMARTS) is 1. The van der Waals surface area contributed by atoms with E-state index in [2.05, 4.69) is 9.97 Å². The number of hydrogen-bond donors (Lipinski definition) is 3. The number of carboxylic acids is 1. The molecule has 2 aromatic heterocycles. The third-order valence-electron chi connectivity index (χ3n) is 4.70. The van der Waals surface area contributed by atoms with Crippen molar-refractivity contribution in [2.24, 2.45) is 7.05 Å². The smallest absolute Gasteiger partial charge is 0.475 e. The van der Waals surface area contributed by atoms with Crippen LogP contribution in [0.5, 0.6) is 0 Å². The second kappa shape index (κ2) is 8.17. The molecule has 0 aliphatic carbocycles. The van der Waals surface area contributed by atoms with Gasteiger partial charge in [-0.15, -0.1) is 0 Å². The summed E-state index contributed by atoms with van der Waals surface area (Å²) in [4.78, 5) is 29.4. The van der Waals surface area contributed by atoms with Crippen molar-refractivity contribution in [2.45, 2.75) is 13.1 Å². The zero-order valence-corrected chi connectivity index (χ0v) is 16.9. The normalized spacial score (nSPS) is 11.3. The third kappa shape index (κ3) is 4.17. The molecule has 0 spiro atoms. The molecular weight excluding hydrogens is 427 g/mol. The van der Waals surface area contributed by atoms with Gasteiger partial charge in [-0.25, -0.2) is 9.78 Å². The first-order valence-corrected chi connectivity index (χ1v) is 9.13. The Kier molecular flexibility index (Phi) is 5.76. The maximum Gasteiger partial charge on any atom is 0.490 e. The average Bonchev–Trinajstić information content (AvgIpc) is 3.08. The van der Waals surface area contributed by atoms with Crippen LogP contribution in [0.4, 0.5) is 24.9 Å². The van der Waals surface area contributed by atoms with Crippen LogP contribution in [0, 0.1) is 0 Å². The van der Waals surface area contributed by atoms with Crippen LogP contribution in [-0.4, -0.2) is 37.6 Å². The molecule has 2 heterocycles. The Balaban J connectivity index is 0.000000360. The van der Waals surface area contributed by atoms with E-state index in [-0.39, 0.29) is 11.7 Å². The zero-order valence-electron chi connectivity index (χ0n) is 16.9. The first-order valence-electron chi connectivity index (χ1n) is 9.13. The molecule has 4 aromatic rings. The van der Waals surface area contributed by atoms with E-state index in [1.54, 1.807) is 6.92 Å². The second-order valence-electron chi connectivity index (χ2n) is 6.88. The van der Waals surface area contributed by atoms with Gasteiger partial charge in [0.05, 0.1) is 16.4 Å². The van der Waals surface area contributed by atoms with Gasteiger partial charge in [0.2, 0.25) is 5.95 Å². The monoisotopic (exact) mass is 445 g/mol. The minimum absolute atomic E-state index is 0.0137. The highest BCUT2D eigenvalue weighted by Crippen LogP contribution is 2.38. The number of benzene rings is 2. The summed E-state index contributed by atoms with van der Waals surface area (Å²) in [6.07, 6.45) is -3.13. The number of ketones is 1. The highest BCUT2D eigenvalue weighted by atomic mass is 19.4. The number of nitrogens with zero attached hydrogens (tertiary/aromatic N) is 3. The van der Waals surface area contributed by atoms with Crippen LogP contribution >= 0.6 is 0 Å². The van der Waals surface area contributed by atoms with Crippen LogP contribution in [-0.2, 0) is 11.8 Å². The van der Waals surface area contributed by atoms with Crippen molar-refractivity contribution in [1.82, 2.24) is 14.5 Å². The van der Waals surface area contributed by atoms with Crippen molar-refractivity contribution >= 4 is 45.3 Å². The summed E-state index contributed by atoms with van der Waals surface area (Å²) in [7, 11) is 1.96. The molecule has 0 atom stereocenters. The van der Waals surface area contributed by atoms with Crippen LogP contribution in [0.3, 0.4) is 0 Å². The lowest BCUT2D eigenvalue weighted by atomic mass is 9.94. The number of hydrogen-bond acceptors (Lipinski definition) is 6. The van der Waals surface area contributed by atoms with Gasteiger partial charge in [-0.1, -0.05) is 24.3 Å². The largest absolute Gasteiger partial charge is 0.490 e. The highest BCUT2D eigenvalue weighted by molar-refractivity contribution is 6.17. The lowest BCUT2D eigenvalue weighted by molar-refractivity contribution is -0.192. The fraction of sp³-hybridized carbons (Fsp3) is 0.143. The Hall–Kier alpha value is -4.15. The van der Waals surface area contributed by atoms with Gasteiger partial charge in [0.25, 0.3) is 0 Å². The average molecular weight is 445 g/mol. The quantitative estimate of drug-likeness (QED) is 0.399. The molecule has 32 heavy (non-hydrogen) atoms. The second-order valence-corrected chi connectivity index (χ2v) is 6.88. The number of nitrogens with two attached hydrogens (primary N) is 2. The fourth-order valence-electron chi connectivity index (χ4n) is 3.40. The third-order valence-corrected chi connectivity index (χ3v) is 4.70. The summed E-state index contributed by atoms with van der Waals surface area (Å²) in [5.41, 5.74) is 16.0. The molecule has 5 N–H and O–H groups in total. The molecule has 4 rings (SSSR count). The molecule has 2 aromatic carbocycles. The van der Waals surface area contributed by atoms with Gasteiger partial charge in [-0.3, -0.25) is 4.79 Å². The molecule has 0 saturated carbocycles. The Morgan fingerprint density at radius 2 is 1.69 bits per heavy atom. The van der Waals surface area contributed by atoms with Crippen molar-refractivity contribution in [3.63, 3.8) is 0 Å². The molecule has 0 saturated heterocycles. The summed E-state index contributed by atoms with van der Waals surface area (Å²) < 4.78 is 33.7. The SMILES string of the molecule is CC(=O)c1ccccc1-c1cc2nc(N)nc(N)c2c2ccn(C)c12.O=C(O)C(F)(F)F. The first-order chi connectivity index (χ1) is 14.9. The van der Waals surface area contributed by atoms with Crippen LogP contribution in [0.2, 0.25) is 0 Å². The van der Waals surface area contributed by atoms with Crippen molar-refractivity contribution in [3.8, 4) is 11.1 Å². The number of Topliss-reactive ketones (excluding diaryl/α,β-unsaturated/α-hetero) is 1. The number of fused-ring (bicyclic) bond motifs is 3. The summed E-state index contributed by atoms with van der Waals surface area (Å²) in [5.74, 6) is -2.26. The molecule has 166 valence electrons. The maximum atomic E-state index is 12.1. The van der Waals surface area contributed by atoms with E-state index in [1.165, 1.54) is 0 Å². The molecule has 0 amide bonds. The maximum absolute atomic E-state index is 12.1. The molecule has 0 bridgehead atoms. The minimum Gasteiger partial charge on any atom is -0.475 e. The summed E-state index contributed by atoms with van der Waals surface area (Å²) in [5, 5.41) is 8.83. The van der Waals surface area contributed by atoms with Crippen LogP contribution in [0.1, 0.15) is 17.3 Å². The van der Waals surface area contributed by atoms with Crippen LogP contribution in [0.25, 0.3) is 32.9 Å². The Morgan fingerprint density at radius 1 is 1.06 bits per heavy atom. The van der Waals surface area contributed by atoms with Gasteiger partial charge in [0.15, 0.2) is 5.78 Å². The Morgan fingerprint density at radius 3 is 2.28 bits per heavy atom. The lowest BCUT2D eigenvalue weighted by Gasteiger charge is -2.13. The summed E-state index contributed by atoms with van der Waals surface area (Å²) in [6.45, 7) is 1.57. The highest BCUT2D eigenvalue weighted by Gasteiger charge is 2.38. The lowest BCUT2D eigenvalue weighted by Crippen LogP contribution is -2.21. The standard InChI is InChI=1S/C19H17N5O.C2HF3O2/c1-10(25)11-5-3-4-6-12(11)14-9-15-16(18(20)23-19(21)22-15)13-7-8-24(2)17(13)14;3-2(4,5)1(6)7/h3-9H,1-2H3,(H4,20,21,22,23);(H,6,7). The van der Waals surface area contributed by atoms with Crippen LogP contribution < -0.4 is 11.5 Å². The number of anilines is 2. The predicted molar refractivity (Wildman–Crippen MR) is 114 cm³/mol. The van der Waals surface area contributed by atoms with E-state index < -0.39 is 12.1 Å². The van der Waals surface area contributed by atoms with Gasteiger partial charge >= 0.3 is 12.1 Å². The van der Waals surface area contributed by atoms with Gasteiger partial charge in [-0.05, 0) is 24.6 Å². The Bertz CT molecular complexity index is 1360. The van der Waals surface area contributed by atoms with Crippen molar-refractivity contribution in [2.75, 3.05) is 11.5 Å². The molecule has 0 fully saturated rings. The fourth-order valence-corrected chi connectivity index (χ4v) is 3.40. The first kappa shape index (κ1) is 22.5. The number of aryl methyl sites for hydroxylation is 1. The molecule has 0 unspecified atom stereocenters. The molecular formula is C21H18F3N5O3. The molecule has 0 aliphatic rings. The minimum atomic E-state index is -5.08. The van der Waals surface area contributed by atoms with Crippen molar-refractivity contribution in [1.29, 1.82) is 0 Å². The number of halogens is 3. The van der Waals surface area contributed by atoms with Gasteiger partial charge < -0.3 is 21.1 Å². The number of aliphatic carboxylic acids is 1. The molecule has 0 radical (unpaired) electrons. The van der Waals surface area contributed by atoms with Gasteiger partial charge in [0.1, 0.15) is 5.82 Å². The van der Waals surface area contributed by atoms with E-state index in [0.717, 1.165) is 27.4 Å². The number of nitrogen functional groups attached to an aromatic ring is 2. The van der Waals surface area contributed by atoms with Gasteiger partial charge in [-0.2, -0.15) is 18.2 Å².